The number of aromatic amines is 2. The van der Waals surface area contributed by atoms with E-state index < -0.39 is 47.8 Å². The summed E-state index contributed by atoms with van der Waals surface area (Å²) in [4.78, 5) is 16.0. The summed E-state index contributed by atoms with van der Waals surface area (Å²) in [6, 6.07) is 10.9. The molecule has 0 unspecified atom stereocenters. The van der Waals surface area contributed by atoms with Crippen molar-refractivity contribution in [2.75, 3.05) is 24.7 Å². The number of ether oxygens (including phenoxy) is 2. The second-order valence-corrected chi connectivity index (χ2v) is 7.95. The van der Waals surface area contributed by atoms with Gasteiger partial charge in [-0.25, -0.2) is 14.3 Å². The molecule has 34 heavy (non-hydrogen) atoms. The molecule has 3 atom stereocenters. The minimum Gasteiger partial charge on any atom is -0.393 e. The third kappa shape index (κ3) is 4.56. The minimum atomic E-state index is -4.78. The SMILES string of the molecule is C[C@]1(c2ccccc2)[C@@H](O[C@H](CO)c2cc(F)cc(C(F)(F)F)c2)OCCN1c1n[nH]c(=O)[nH]1. The van der Waals surface area contributed by atoms with E-state index in [1.54, 1.807) is 42.2 Å². The van der Waals surface area contributed by atoms with Gasteiger partial charge in [-0.2, -0.15) is 13.2 Å². The zero-order valence-electron chi connectivity index (χ0n) is 18.0. The highest BCUT2D eigenvalue weighted by molar-refractivity contribution is 5.42. The molecule has 1 aliphatic heterocycles. The van der Waals surface area contributed by atoms with E-state index in [0.29, 0.717) is 18.2 Å². The molecule has 2 aromatic carbocycles. The van der Waals surface area contributed by atoms with Crippen LogP contribution >= 0.6 is 0 Å². The van der Waals surface area contributed by atoms with Gasteiger partial charge < -0.3 is 19.5 Å². The van der Waals surface area contributed by atoms with Gasteiger partial charge in [0.15, 0.2) is 6.29 Å². The predicted octanol–water partition coefficient (Wildman–Crippen LogP) is 3.08. The number of H-pyrrole nitrogens is 2. The number of morpholine rings is 1. The van der Waals surface area contributed by atoms with E-state index in [0.717, 1.165) is 12.1 Å². The number of halogens is 4. The monoisotopic (exact) mass is 482 g/mol. The van der Waals surface area contributed by atoms with Crippen molar-refractivity contribution < 1.29 is 32.1 Å². The third-order valence-corrected chi connectivity index (χ3v) is 5.78. The van der Waals surface area contributed by atoms with Crippen LogP contribution in [0.15, 0.2) is 53.3 Å². The molecule has 8 nitrogen and oxygen atoms in total. The van der Waals surface area contributed by atoms with Crippen LogP contribution < -0.4 is 10.6 Å². The van der Waals surface area contributed by atoms with Crippen molar-refractivity contribution in [3.8, 4) is 0 Å². The van der Waals surface area contributed by atoms with Gasteiger partial charge in [-0.3, -0.25) is 4.98 Å². The molecule has 182 valence electrons. The van der Waals surface area contributed by atoms with E-state index in [9.17, 15) is 27.5 Å². The summed E-state index contributed by atoms with van der Waals surface area (Å²) < 4.78 is 65.5. The summed E-state index contributed by atoms with van der Waals surface area (Å²) in [6.07, 6.45) is -7.25. The average molecular weight is 482 g/mol. The Morgan fingerprint density at radius 3 is 2.65 bits per heavy atom. The Morgan fingerprint density at radius 2 is 2.03 bits per heavy atom. The number of alkyl halides is 3. The topological polar surface area (TPSA) is 103 Å². The fourth-order valence-corrected chi connectivity index (χ4v) is 4.07. The van der Waals surface area contributed by atoms with Crippen molar-refractivity contribution in [2.45, 2.75) is 31.0 Å². The Bertz CT molecular complexity index is 1180. The highest BCUT2D eigenvalue weighted by Gasteiger charge is 2.48. The van der Waals surface area contributed by atoms with Gasteiger partial charge in [-0.1, -0.05) is 30.3 Å². The Balaban J connectivity index is 1.74. The van der Waals surface area contributed by atoms with Crippen LogP contribution in [0.5, 0.6) is 0 Å². The number of hydrogen-bond donors (Lipinski definition) is 3. The van der Waals surface area contributed by atoms with Crippen molar-refractivity contribution in [1.82, 2.24) is 15.2 Å². The smallest absolute Gasteiger partial charge is 0.393 e. The lowest BCUT2D eigenvalue weighted by molar-refractivity contribution is -0.225. The van der Waals surface area contributed by atoms with E-state index in [1.165, 1.54) is 0 Å². The summed E-state index contributed by atoms with van der Waals surface area (Å²) in [5.41, 5.74) is -2.36. The Kier molecular flexibility index (Phi) is 6.47. The fraction of sp³-hybridized carbons (Fsp3) is 0.364. The van der Waals surface area contributed by atoms with Gasteiger partial charge in [0, 0.05) is 6.54 Å². The zero-order valence-corrected chi connectivity index (χ0v) is 18.0. The van der Waals surface area contributed by atoms with Crippen molar-refractivity contribution >= 4 is 5.95 Å². The molecule has 3 N–H and O–H groups in total. The number of rotatable bonds is 6. The Morgan fingerprint density at radius 1 is 1.29 bits per heavy atom. The molecule has 12 heteroatoms. The quantitative estimate of drug-likeness (QED) is 0.467. The lowest BCUT2D eigenvalue weighted by Gasteiger charge is -2.49. The Hall–Kier alpha value is -3.22. The highest BCUT2D eigenvalue weighted by Crippen LogP contribution is 2.41. The van der Waals surface area contributed by atoms with Gasteiger partial charge in [0.2, 0.25) is 5.95 Å². The van der Waals surface area contributed by atoms with Crippen molar-refractivity contribution in [1.29, 1.82) is 0 Å². The second kappa shape index (κ2) is 9.20. The maximum Gasteiger partial charge on any atom is 0.416 e. The van der Waals surface area contributed by atoms with Gasteiger partial charge in [0.05, 0.1) is 18.8 Å². The van der Waals surface area contributed by atoms with Crippen LogP contribution in [0.2, 0.25) is 0 Å². The molecule has 3 aromatic rings. The van der Waals surface area contributed by atoms with Crippen molar-refractivity contribution in [3.05, 3.63) is 81.5 Å². The van der Waals surface area contributed by atoms with E-state index in [1.807, 2.05) is 0 Å². The molecule has 1 fully saturated rings. The van der Waals surface area contributed by atoms with Crippen LogP contribution in [0.3, 0.4) is 0 Å². The highest BCUT2D eigenvalue weighted by atomic mass is 19.4. The van der Waals surface area contributed by atoms with Crippen LogP contribution in [-0.2, 0) is 21.2 Å². The van der Waals surface area contributed by atoms with Gasteiger partial charge in [-0.05, 0) is 36.2 Å². The fourth-order valence-electron chi connectivity index (χ4n) is 4.07. The molecule has 0 spiro atoms. The molecule has 4 rings (SSSR count). The lowest BCUT2D eigenvalue weighted by Crippen LogP contribution is -2.60. The molecule has 1 aromatic heterocycles. The van der Waals surface area contributed by atoms with Gasteiger partial charge in [0.25, 0.3) is 0 Å². The predicted molar refractivity (Wildman–Crippen MR) is 112 cm³/mol. The standard InChI is InChI=1S/C22H22F4N4O4/c1-21(14-5-3-2-4-6-14)18(33-8-7-30(21)19-27-20(32)29-28-19)34-17(12-31)13-9-15(22(24,25)26)11-16(23)10-13/h2-6,9-11,17-18,31H,7-8,12H2,1H3,(H2,27,28,29,32)/t17-,18-,21+/m1/s1. The number of aliphatic hydroxyl groups excluding tert-OH is 1. The van der Waals surface area contributed by atoms with Crippen molar-refractivity contribution in [3.63, 3.8) is 0 Å². The maximum atomic E-state index is 14.0. The van der Waals surface area contributed by atoms with E-state index >= 15 is 0 Å². The summed E-state index contributed by atoms with van der Waals surface area (Å²) in [5, 5.41) is 16.3. The number of anilines is 1. The van der Waals surface area contributed by atoms with Crippen LogP contribution in [0, 0.1) is 5.82 Å². The lowest BCUT2D eigenvalue weighted by atomic mass is 9.88. The number of nitrogens with one attached hydrogen (secondary N) is 2. The van der Waals surface area contributed by atoms with E-state index in [2.05, 4.69) is 15.2 Å². The van der Waals surface area contributed by atoms with Crippen LogP contribution in [0.4, 0.5) is 23.5 Å². The summed E-state index contributed by atoms with van der Waals surface area (Å²) in [5.74, 6) is -0.906. The number of aliphatic hydroxyl groups is 1. The molecule has 0 aliphatic carbocycles. The summed E-state index contributed by atoms with van der Waals surface area (Å²) in [7, 11) is 0. The first-order valence-corrected chi connectivity index (χ1v) is 10.4. The summed E-state index contributed by atoms with van der Waals surface area (Å²) >= 11 is 0. The normalized spacial score (nSPS) is 22.1. The zero-order chi connectivity index (χ0) is 24.5. The molecular formula is C22H22F4N4O4. The Labute approximate surface area is 191 Å². The van der Waals surface area contributed by atoms with Gasteiger partial charge in [-0.15, -0.1) is 5.10 Å². The first-order valence-electron chi connectivity index (χ1n) is 10.4. The van der Waals surface area contributed by atoms with Crippen LogP contribution in [-0.4, -0.2) is 46.3 Å². The second-order valence-electron chi connectivity index (χ2n) is 7.95. The number of aromatic nitrogens is 3. The van der Waals surface area contributed by atoms with Crippen molar-refractivity contribution in [2.24, 2.45) is 0 Å². The van der Waals surface area contributed by atoms with Gasteiger partial charge >= 0.3 is 11.9 Å². The molecule has 0 saturated carbocycles. The molecule has 0 amide bonds. The molecule has 0 radical (unpaired) electrons. The molecular weight excluding hydrogens is 460 g/mol. The van der Waals surface area contributed by atoms with Crippen LogP contribution in [0.1, 0.15) is 29.7 Å². The van der Waals surface area contributed by atoms with Crippen LogP contribution in [0.25, 0.3) is 0 Å². The number of nitrogens with zero attached hydrogens (tertiary/aromatic N) is 2. The first kappa shape index (κ1) is 23.9. The van der Waals surface area contributed by atoms with E-state index in [4.69, 9.17) is 9.47 Å². The minimum absolute atomic E-state index is 0.122. The number of hydrogen-bond acceptors (Lipinski definition) is 6. The maximum absolute atomic E-state index is 14.0. The van der Waals surface area contributed by atoms with E-state index in [-0.39, 0.29) is 18.1 Å². The largest absolute Gasteiger partial charge is 0.416 e. The molecule has 0 bridgehead atoms. The van der Waals surface area contributed by atoms with Gasteiger partial charge in [0.1, 0.15) is 17.5 Å². The summed E-state index contributed by atoms with van der Waals surface area (Å²) in [6.45, 7) is 1.44. The molecule has 1 aliphatic rings. The third-order valence-electron chi connectivity index (χ3n) is 5.78. The first-order chi connectivity index (χ1) is 16.1. The average Bonchev–Trinajstić information content (AvgIpc) is 3.23. The molecule has 2 heterocycles. The molecule has 1 saturated heterocycles. The number of benzene rings is 2.